The van der Waals surface area contributed by atoms with Crippen molar-refractivity contribution in [3.63, 3.8) is 0 Å². The zero-order chi connectivity index (χ0) is 19.0. The van der Waals surface area contributed by atoms with E-state index < -0.39 is 0 Å². The molecule has 1 aliphatic rings. The van der Waals surface area contributed by atoms with Crippen molar-refractivity contribution in [3.05, 3.63) is 40.9 Å². The van der Waals surface area contributed by atoms with E-state index >= 15 is 0 Å². The van der Waals surface area contributed by atoms with E-state index in [-0.39, 0.29) is 11.9 Å². The van der Waals surface area contributed by atoms with Gasteiger partial charge in [0.05, 0.1) is 23.8 Å². The van der Waals surface area contributed by atoms with E-state index in [0.717, 1.165) is 53.6 Å². The number of benzene rings is 1. The second kappa shape index (κ2) is 7.32. The third-order valence-corrected chi connectivity index (χ3v) is 5.91. The molecule has 2 aromatic heterocycles. The fourth-order valence-corrected chi connectivity index (χ4v) is 4.49. The number of hydrogen-bond acceptors (Lipinski definition) is 5. The number of ether oxygens (including phenoxy) is 1. The molecular formula is C20H24N4O2S. The van der Waals surface area contributed by atoms with Crippen LogP contribution in [-0.2, 0) is 4.74 Å². The number of fused-ring (bicyclic) bond motifs is 1. The first-order valence-corrected chi connectivity index (χ1v) is 10.1. The first-order chi connectivity index (χ1) is 13.0. The van der Waals surface area contributed by atoms with Crippen LogP contribution in [0.5, 0.6) is 0 Å². The number of rotatable bonds is 4. The van der Waals surface area contributed by atoms with Crippen LogP contribution >= 0.6 is 11.3 Å². The van der Waals surface area contributed by atoms with Gasteiger partial charge in [-0.05, 0) is 51.1 Å². The highest BCUT2D eigenvalue weighted by atomic mass is 32.1. The topological polar surface area (TPSA) is 59.4 Å². The summed E-state index contributed by atoms with van der Waals surface area (Å²) >= 11 is 1.49. The number of amides is 1. The Morgan fingerprint density at radius 3 is 2.59 bits per heavy atom. The average molecular weight is 385 g/mol. The number of morpholine rings is 1. The van der Waals surface area contributed by atoms with Crippen molar-refractivity contribution in [2.75, 3.05) is 36.5 Å². The molecule has 0 saturated carbocycles. The lowest BCUT2D eigenvalue weighted by atomic mass is 10.2. The zero-order valence-electron chi connectivity index (χ0n) is 15.9. The zero-order valence-corrected chi connectivity index (χ0v) is 16.7. The van der Waals surface area contributed by atoms with Crippen LogP contribution in [0.15, 0.2) is 30.3 Å². The van der Waals surface area contributed by atoms with Crippen molar-refractivity contribution in [2.24, 2.45) is 0 Å². The second-order valence-corrected chi connectivity index (χ2v) is 8.08. The third kappa shape index (κ3) is 3.57. The van der Waals surface area contributed by atoms with Gasteiger partial charge in [0.1, 0.15) is 4.83 Å². The standard InChI is InChI=1S/C20H24N4O2S/c1-13(2)24-20-17(14(3)22-24)12-18(27-20)19(25)21-15-4-6-16(7-5-15)23-8-10-26-11-9-23/h4-7,12-13H,8-11H2,1-3H3,(H,21,25). The molecule has 3 heterocycles. The molecular weight excluding hydrogens is 360 g/mol. The van der Waals surface area contributed by atoms with Crippen LogP contribution < -0.4 is 10.2 Å². The van der Waals surface area contributed by atoms with Crippen LogP contribution in [-0.4, -0.2) is 42.0 Å². The third-order valence-electron chi connectivity index (χ3n) is 4.78. The van der Waals surface area contributed by atoms with Crippen molar-refractivity contribution in [3.8, 4) is 0 Å². The Morgan fingerprint density at radius 1 is 1.22 bits per heavy atom. The summed E-state index contributed by atoms with van der Waals surface area (Å²) in [6.45, 7) is 9.51. The second-order valence-electron chi connectivity index (χ2n) is 7.05. The Bertz CT molecular complexity index is 952. The fraction of sp³-hybridized carbons (Fsp3) is 0.400. The van der Waals surface area contributed by atoms with E-state index in [0.29, 0.717) is 4.88 Å². The van der Waals surface area contributed by atoms with E-state index in [4.69, 9.17) is 4.74 Å². The summed E-state index contributed by atoms with van der Waals surface area (Å²) in [7, 11) is 0. The van der Waals surface area contributed by atoms with Crippen molar-refractivity contribution >= 4 is 38.8 Å². The molecule has 1 aromatic carbocycles. The predicted molar refractivity (Wildman–Crippen MR) is 110 cm³/mol. The van der Waals surface area contributed by atoms with Crippen molar-refractivity contribution in [1.82, 2.24) is 9.78 Å². The predicted octanol–water partition coefficient (Wildman–Crippen LogP) is 4.08. The van der Waals surface area contributed by atoms with Crippen LogP contribution in [0.3, 0.4) is 0 Å². The molecule has 0 unspecified atom stereocenters. The lowest BCUT2D eigenvalue weighted by Crippen LogP contribution is -2.36. The smallest absolute Gasteiger partial charge is 0.265 e. The number of nitrogens with zero attached hydrogens (tertiary/aromatic N) is 3. The van der Waals surface area contributed by atoms with Crippen LogP contribution in [0.2, 0.25) is 0 Å². The normalized spacial score (nSPS) is 14.9. The molecule has 0 aliphatic carbocycles. The van der Waals surface area contributed by atoms with Gasteiger partial charge in [0.25, 0.3) is 5.91 Å². The molecule has 1 fully saturated rings. The number of carbonyl (C=O) groups excluding carboxylic acids is 1. The van der Waals surface area contributed by atoms with Crippen molar-refractivity contribution < 1.29 is 9.53 Å². The van der Waals surface area contributed by atoms with Gasteiger partial charge in [-0.15, -0.1) is 11.3 Å². The molecule has 0 bridgehead atoms. The molecule has 1 aliphatic heterocycles. The van der Waals surface area contributed by atoms with Gasteiger partial charge in [0.15, 0.2) is 0 Å². The number of anilines is 2. The summed E-state index contributed by atoms with van der Waals surface area (Å²) in [4.78, 5) is 16.8. The maximum absolute atomic E-state index is 12.7. The summed E-state index contributed by atoms with van der Waals surface area (Å²) in [5, 5.41) is 8.63. The summed E-state index contributed by atoms with van der Waals surface area (Å²) in [5.41, 5.74) is 2.92. The highest BCUT2D eigenvalue weighted by Gasteiger charge is 2.18. The molecule has 1 N–H and O–H groups in total. The van der Waals surface area contributed by atoms with Gasteiger partial charge >= 0.3 is 0 Å². The highest BCUT2D eigenvalue weighted by Crippen LogP contribution is 2.31. The number of hydrogen-bond donors (Lipinski definition) is 1. The Kier molecular flexibility index (Phi) is 4.88. The van der Waals surface area contributed by atoms with Crippen LogP contribution in [0, 0.1) is 6.92 Å². The van der Waals surface area contributed by atoms with Gasteiger partial charge in [0, 0.05) is 35.9 Å². The highest BCUT2D eigenvalue weighted by molar-refractivity contribution is 7.20. The number of aryl methyl sites for hydroxylation is 1. The maximum atomic E-state index is 12.7. The van der Waals surface area contributed by atoms with Gasteiger partial charge in [-0.1, -0.05) is 0 Å². The Labute approximate surface area is 162 Å². The molecule has 0 radical (unpaired) electrons. The van der Waals surface area contributed by atoms with Crippen LogP contribution in [0.4, 0.5) is 11.4 Å². The van der Waals surface area contributed by atoms with Crippen LogP contribution in [0.1, 0.15) is 35.3 Å². The van der Waals surface area contributed by atoms with Gasteiger partial charge in [-0.3, -0.25) is 9.48 Å². The molecule has 142 valence electrons. The van der Waals surface area contributed by atoms with Gasteiger partial charge in [-0.2, -0.15) is 5.10 Å². The molecule has 1 saturated heterocycles. The van der Waals surface area contributed by atoms with E-state index in [1.54, 1.807) is 0 Å². The summed E-state index contributed by atoms with van der Waals surface area (Å²) < 4.78 is 7.38. The minimum atomic E-state index is -0.0787. The summed E-state index contributed by atoms with van der Waals surface area (Å²) in [6, 6.07) is 10.2. The van der Waals surface area contributed by atoms with Gasteiger partial charge in [0.2, 0.25) is 0 Å². The molecule has 1 amide bonds. The summed E-state index contributed by atoms with van der Waals surface area (Å²) in [6.07, 6.45) is 0. The van der Waals surface area contributed by atoms with Crippen molar-refractivity contribution in [1.29, 1.82) is 0 Å². The van der Waals surface area contributed by atoms with E-state index in [1.807, 2.05) is 41.9 Å². The molecule has 4 rings (SSSR count). The van der Waals surface area contributed by atoms with Gasteiger partial charge in [-0.25, -0.2) is 0 Å². The molecule has 6 nitrogen and oxygen atoms in total. The monoisotopic (exact) mass is 384 g/mol. The Morgan fingerprint density at radius 2 is 1.93 bits per heavy atom. The minimum absolute atomic E-state index is 0.0787. The van der Waals surface area contributed by atoms with E-state index in [2.05, 4.69) is 29.2 Å². The van der Waals surface area contributed by atoms with Crippen molar-refractivity contribution in [2.45, 2.75) is 26.8 Å². The summed E-state index contributed by atoms with van der Waals surface area (Å²) in [5.74, 6) is -0.0787. The van der Waals surface area contributed by atoms with E-state index in [1.165, 1.54) is 11.3 Å². The number of aromatic nitrogens is 2. The first kappa shape index (κ1) is 18.0. The molecule has 27 heavy (non-hydrogen) atoms. The molecule has 7 heteroatoms. The fourth-order valence-electron chi connectivity index (χ4n) is 3.30. The number of carbonyl (C=O) groups is 1. The SMILES string of the molecule is Cc1nn(C(C)C)c2sc(C(=O)Nc3ccc(N4CCOCC4)cc3)cc12. The Hall–Kier alpha value is -2.38. The molecule has 3 aromatic rings. The number of thiophene rings is 1. The largest absolute Gasteiger partial charge is 0.378 e. The lowest BCUT2D eigenvalue weighted by Gasteiger charge is -2.28. The van der Waals surface area contributed by atoms with Crippen LogP contribution in [0.25, 0.3) is 10.2 Å². The molecule has 0 spiro atoms. The number of nitrogens with one attached hydrogen (secondary N) is 1. The Balaban J connectivity index is 1.50. The first-order valence-electron chi connectivity index (χ1n) is 9.25. The van der Waals surface area contributed by atoms with Gasteiger partial charge < -0.3 is 15.0 Å². The maximum Gasteiger partial charge on any atom is 0.265 e. The quantitative estimate of drug-likeness (QED) is 0.736. The minimum Gasteiger partial charge on any atom is -0.378 e. The molecule has 0 atom stereocenters. The lowest BCUT2D eigenvalue weighted by molar-refractivity contribution is 0.103. The average Bonchev–Trinajstić information content (AvgIpc) is 3.24. The van der Waals surface area contributed by atoms with E-state index in [9.17, 15) is 4.79 Å².